The summed E-state index contributed by atoms with van der Waals surface area (Å²) in [5.74, 6) is -1.32. The van der Waals surface area contributed by atoms with Crippen molar-refractivity contribution in [3.8, 4) is 0 Å². The number of rotatable bonds is 4. The molecule has 1 aromatic carbocycles. The lowest BCUT2D eigenvalue weighted by Gasteiger charge is -2.23. The van der Waals surface area contributed by atoms with Crippen LogP contribution in [0.1, 0.15) is 35.8 Å². The number of amides is 1. The molecule has 0 aliphatic heterocycles. The summed E-state index contributed by atoms with van der Waals surface area (Å²) in [6, 6.07) is 8.21. The van der Waals surface area contributed by atoms with Gasteiger partial charge >= 0.3 is 0 Å². The van der Waals surface area contributed by atoms with E-state index in [1.54, 1.807) is 12.1 Å². The van der Waals surface area contributed by atoms with Crippen LogP contribution in [-0.4, -0.2) is 10.9 Å². The number of carbonyl (C=O) groups excluding carboxylic acids is 1. The number of nitrogens with zero attached hydrogens (tertiary/aromatic N) is 1. The van der Waals surface area contributed by atoms with Gasteiger partial charge in [-0.25, -0.2) is 9.37 Å². The number of pyridine rings is 1. The minimum atomic E-state index is -0.703. The van der Waals surface area contributed by atoms with Crippen molar-refractivity contribution >= 4 is 5.91 Å². The topological polar surface area (TPSA) is 42.0 Å². The monoisotopic (exact) mass is 290 g/mol. The molecular weight excluding hydrogens is 274 g/mol. The molecule has 5 heteroatoms. The molecule has 0 spiro atoms. The smallest absolute Gasteiger partial charge is 0.251 e. The fourth-order valence-electron chi connectivity index (χ4n) is 2.07. The maximum atomic E-state index is 13.1. The van der Waals surface area contributed by atoms with Crippen LogP contribution in [0.4, 0.5) is 8.78 Å². The SMILES string of the molecule is CC(C)C(NC(=O)c1ccnc(F)c1)c1ccc(F)cc1. The van der Waals surface area contributed by atoms with Crippen LogP contribution in [0.2, 0.25) is 0 Å². The van der Waals surface area contributed by atoms with Crippen LogP contribution in [0.5, 0.6) is 0 Å². The van der Waals surface area contributed by atoms with Crippen molar-refractivity contribution in [1.29, 1.82) is 0 Å². The molecule has 2 rings (SSSR count). The van der Waals surface area contributed by atoms with Gasteiger partial charge in [0.25, 0.3) is 5.91 Å². The van der Waals surface area contributed by atoms with Crippen molar-refractivity contribution in [2.24, 2.45) is 5.92 Å². The van der Waals surface area contributed by atoms with Crippen LogP contribution in [0.15, 0.2) is 42.6 Å². The third-order valence-electron chi connectivity index (χ3n) is 3.17. The second-order valence-corrected chi connectivity index (χ2v) is 5.11. The average molecular weight is 290 g/mol. The van der Waals surface area contributed by atoms with E-state index in [2.05, 4.69) is 10.3 Å². The highest BCUT2D eigenvalue weighted by Gasteiger charge is 2.19. The van der Waals surface area contributed by atoms with E-state index in [1.807, 2.05) is 13.8 Å². The van der Waals surface area contributed by atoms with Gasteiger partial charge < -0.3 is 5.32 Å². The summed E-state index contributed by atoms with van der Waals surface area (Å²) >= 11 is 0. The number of carbonyl (C=O) groups is 1. The molecule has 0 saturated carbocycles. The predicted molar refractivity (Wildman–Crippen MR) is 75.6 cm³/mol. The van der Waals surface area contributed by atoms with Gasteiger partial charge in [0.05, 0.1) is 6.04 Å². The molecule has 0 aliphatic rings. The molecule has 0 fully saturated rings. The molecule has 0 saturated heterocycles. The Morgan fingerprint density at radius 2 is 1.81 bits per heavy atom. The van der Waals surface area contributed by atoms with Gasteiger partial charge in [-0.05, 0) is 29.7 Å². The van der Waals surface area contributed by atoms with E-state index < -0.39 is 5.95 Å². The summed E-state index contributed by atoms with van der Waals surface area (Å²) in [5, 5.41) is 2.84. The van der Waals surface area contributed by atoms with Crippen LogP contribution in [0, 0.1) is 17.7 Å². The molecule has 1 N–H and O–H groups in total. The minimum Gasteiger partial charge on any atom is -0.345 e. The largest absolute Gasteiger partial charge is 0.345 e. The van der Waals surface area contributed by atoms with Crippen molar-refractivity contribution in [1.82, 2.24) is 10.3 Å². The zero-order valence-corrected chi connectivity index (χ0v) is 11.8. The number of hydrogen-bond donors (Lipinski definition) is 1. The Labute approximate surface area is 122 Å². The van der Waals surface area contributed by atoms with Gasteiger partial charge in [0, 0.05) is 17.8 Å². The summed E-state index contributed by atoms with van der Waals surface area (Å²) in [6.45, 7) is 3.89. The maximum Gasteiger partial charge on any atom is 0.251 e. The molecule has 0 radical (unpaired) electrons. The van der Waals surface area contributed by atoms with Gasteiger partial charge in [0.15, 0.2) is 0 Å². The summed E-state index contributed by atoms with van der Waals surface area (Å²) in [7, 11) is 0. The van der Waals surface area contributed by atoms with E-state index in [-0.39, 0.29) is 29.2 Å². The molecule has 1 heterocycles. The number of benzene rings is 1. The maximum absolute atomic E-state index is 13.1. The third kappa shape index (κ3) is 3.84. The highest BCUT2D eigenvalue weighted by atomic mass is 19.1. The highest BCUT2D eigenvalue weighted by Crippen LogP contribution is 2.22. The van der Waals surface area contributed by atoms with E-state index in [1.165, 1.54) is 24.4 Å². The fourth-order valence-corrected chi connectivity index (χ4v) is 2.07. The quantitative estimate of drug-likeness (QED) is 0.876. The number of hydrogen-bond acceptors (Lipinski definition) is 2. The van der Waals surface area contributed by atoms with E-state index in [0.717, 1.165) is 11.6 Å². The van der Waals surface area contributed by atoms with Gasteiger partial charge in [-0.15, -0.1) is 0 Å². The van der Waals surface area contributed by atoms with Gasteiger partial charge in [0.2, 0.25) is 5.95 Å². The lowest BCUT2D eigenvalue weighted by atomic mass is 9.95. The molecule has 110 valence electrons. The Hall–Kier alpha value is -2.30. The van der Waals surface area contributed by atoms with E-state index in [0.29, 0.717) is 0 Å². The molecule has 1 unspecified atom stereocenters. The number of halogens is 2. The summed E-state index contributed by atoms with van der Waals surface area (Å²) in [5.41, 5.74) is 1.00. The van der Waals surface area contributed by atoms with Crippen LogP contribution in [-0.2, 0) is 0 Å². The Morgan fingerprint density at radius 3 is 2.38 bits per heavy atom. The Bertz CT molecular complexity index is 626. The van der Waals surface area contributed by atoms with Crippen molar-refractivity contribution < 1.29 is 13.6 Å². The average Bonchev–Trinajstić information content (AvgIpc) is 2.45. The number of aromatic nitrogens is 1. The second kappa shape index (κ2) is 6.43. The van der Waals surface area contributed by atoms with Gasteiger partial charge in [-0.2, -0.15) is 4.39 Å². The Kier molecular flexibility index (Phi) is 4.62. The molecule has 1 amide bonds. The zero-order chi connectivity index (χ0) is 15.4. The second-order valence-electron chi connectivity index (χ2n) is 5.11. The van der Waals surface area contributed by atoms with E-state index in [4.69, 9.17) is 0 Å². The summed E-state index contributed by atoms with van der Waals surface area (Å²) in [4.78, 5) is 15.6. The first-order chi connectivity index (χ1) is 9.97. The number of nitrogens with one attached hydrogen (secondary N) is 1. The molecular formula is C16H16F2N2O. The van der Waals surface area contributed by atoms with Crippen molar-refractivity contribution in [2.75, 3.05) is 0 Å². The summed E-state index contributed by atoms with van der Waals surface area (Å²) in [6.07, 6.45) is 1.24. The molecule has 1 aromatic heterocycles. The Balaban J connectivity index is 2.20. The first-order valence-electron chi connectivity index (χ1n) is 6.65. The predicted octanol–water partition coefficient (Wildman–Crippen LogP) is 3.49. The van der Waals surface area contributed by atoms with Crippen molar-refractivity contribution in [3.05, 3.63) is 65.5 Å². The third-order valence-corrected chi connectivity index (χ3v) is 3.17. The van der Waals surface area contributed by atoms with Crippen LogP contribution in [0.3, 0.4) is 0 Å². The summed E-state index contributed by atoms with van der Waals surface area (Å²) < 4.78 is 26.0. The first kappa shape index (κ1) is 15.1. The van der Waals surface area contributed by atoms with Crippen LogP contribution >= 0.6 is 0 Å². The molecule has 1 atom stereocenters. The molecule has 21 heavy (non-hydrogen) atoms. The van der Waals surface area contributed by atoms with Crippen molar-refractivity contribution in [3.63, 3.8) is 0 Å². The minimum absolute atomic E-state index is 0.103. The van der Waals surface area contributed by atoms with E-state index >= 15 is 0 Å². The molecule has 0 aliphatic carbocycles. The fraction of sp³-hybridized carbons (Fsp3) is 0.250. The van der Waals surface area contributed by atoms with Crippen molar-refractivity contribution in [2.45, 2.75) is 19.9 Å². The lowest BCUT2D eigenvalue weighted by molar-refractivity contribution is 0.0925. The molecule has 3 nitrogen and oxygen atoms in total. The molecule has 2 aromatic rings. The Morgan fingerprint density at radius 1 is 1.14 bits per heavy atom. The van der Waals surface area contributed by atoms with Gasteiger partial charge in [0.1, 0.15) is 5.82 Å². The zero-order valence-electron chi connectivity index (χ0n) is 11.8. The van der Waals surface area contributed by atoms with Gasteiger partial charge in [-0.1, -0.05) is 26.0 Å². The normalized spacial score (nSPS) is 12.2. The lowest BCUT2D eigenvalue weighted by Crippen LogP contribution is -2.31. The van der Waals surface area contributed by atoms with E-state index in [9.17, 15) is 13.6 Å². The van der Waals surface area contributed by atoms with Gasteiger partial charge in [-0.3, -0.25) is 4.79 Å². The van der Waals surface area contributed by atoms with Crippen LogP contribution < -0.4 is 5.32 Å². The standard InChI is InChI=1S/C16H16F2N2O/c1-10(2)15(11-3-5-13(17)6-4-11)20-16(21)12-7-8-19-14(18)9-12/h3-10,15H,1-2H3,(H,20,21). The first-order valence-corrected chi connectivity index (χ1v) is 6.65. The highest BCUT2D eigenvalue weighted by molar-refractivity contribution is 5.94. The van der Waals surface area contributed by atoms with Crippen LogP contribution in [0.25, 0.3) is 0 Å². The molecule has 0 bridgehead atoms.